The third-order valence-electron chi connectivity index (χ3n) is 4.99. The highest BCUT2D eigenvalue weighted by Crippen LogP contribution is 2.13. The Morgan fingerprint density at radius 3 is 2.19 bits per heavy atom. The fourth-order valence-corrected chi connectivity index (χ4v) is 3.41. The molecule has 0 radical (unpaired) electrons. The maximum Gasteiger partial charge on any atom is 0.320 e. The Morgan fingerprint density at radius 2 is 1.58 bits per heavy atom. The summed E-state index contributed by atoms with van der Waals surface area (Å²) in [6, 6.07) is 1.01. The van der Waals surface area contributed by atoms with E-state index in [1.165, 1.54) is 18.9 Å². The fraction of sp³-hybridized carbons (Fsp3) is 0.611. The van der Waals surface area contributed by atoms with Crippen molar-refractivity contribution in [3.63, 3.8) is 0 Å². The van der Waals surface area contributed by atoms with Gasteiger partial charge in [0.05, 0.1) is 11.8 Å². The fourth-order valence-electron chi connectivity index (χ4n) is 3.41. The van der Waals surface area contributed by atoms with E-state index in [4.69, 9.17) is 4.42 Å². The Hall–Kier alpha value is -2.51. The Kier molecular flexibility index (Phi) is 5.80. The van der Waals surface area contributed by atoms with Crippen LogP contribution >= 0.6 is 0 Å². The lowest BCUT2D eigenvalue weighted by atomic mass is 10.1. The summed E-state index contributed by atoms with van der Waals surface area (Å²) in [6.45, 7) is 5.37. The minimum absolute atomic E-state index is 0.0816. The van der Waals surface area contributed by atoms with Gasteiger partial charge >= 0.3 is 6.03 Å². The number of nitrogens with zero attached hydrogens (tertiary/aromatic N) is 3. The topological polar surface area (TPSA) is 86.1 Å². The highest BCUT2D eigenvalue weighted by molar-refractivity contribution is 5.97. The van der Waals surface area contributed by atoms with Gasteiger partial charge in [-0.2, -0.15) is 0 Å². The second kappa shape index (κ2) is 8.25. The van der Waals surface area contributed by atoms with Gasteiger partial charge in [0.1, 0.15) is 12.3 Å². The van der Waals surface area contributed by atoms with E-state index in [2.05, 4.69) is 5.32 Å². The van der Waals surface area contributed by atoms with Gasteiger partial charge in [0, 0.05) is 39.3 Å². The molecule has 1 N–H and O–H groups in total. The van der Waals surface area contributed by atoms with Crippen molar-refractivity contribution in [2.75, 3.05) is 39.3 Å². The molecule has 3 rings (SSSR count). The van der Waals surface area contributed by atoms with Crippen LogP contribution in [0, 0.1) is 0 Å². The zero-order chi connectivity index (χ0) is 18.5. The van der Waals surface area contributed by atoms with Crippen LogP contribution in [-0.4, -0.2) is 77.9 Å². The molecule has 0 spiro atoms. The Balaban J connectivity index is 1.46. The third kappa shape index (κ3) is 4.17. The number of piperidine rings is 1. The standard InChI is InChI=1S/C18H26N4O4/c1-14(19-16(23)15-5-12-26-13-15)17(24)20-8-10-22(11-9-20)18(25)21-6-3-2-4-7-21/h5,12-14H,2-4,6-11H2,1H3,(H,19,23)/t14-/m0/s1. The average molecular weight is 362 g/mol. The molecule has 0 unspecified atom stereocenters. The molecular formula is C18H26N4O4. The molecule has 2 aliphatic rings. The molecule has 2 saturated heterocycles. The van der Waals surface area contributed by atoms with E-state index in [1.807, 2.05) is 9.80 Å². The lowest BCUT2D eigenvalue weighted by molar-refractivity contribution is -0.134. The number of hydrogen-bond donors (Lipinski definition) is 1. The predicted molar refractivity (Wildman–Crippen MR) is 94.6 cm³/mol. The zero-order valence-corrected chi connectivity index (χ0v) is 15.1. The van der Waals surface area contributed by atoms with Crippen LogP contribution in [0.3, 0.4) is 0 Å². The summed E-state index contributed by atoms with van der Waals surface area (Å²) in [5, 5.41) is 2.69. The first-order valence-corrected chi connectivity index (χ1v) is 9.22. The Morgan fingerprint density at radius 1 is 0.962 bits per heavy atom. The highest BCUT2D eigenvalue weighted by atomic mass is 16.3. The van der Waals surface area contributed by atoms with Crippen LogP contribution in [-0.2, 0) is 4.79 Å². The molecule has 0 aromatic carbocycles. The van der Waals surface area contributed by atoms with Crippen molar-refractivity contribution in [1.29, 1.82) is 0 Å². The van der Waals surface area contributed by atoms with Crippen molar-refractivity contribution in [1.82, 2.24) is 20.0 Å². The maximum absolute atomic E-state index is 12.6. The minimum atomic E-state index is -0.623. The minimum Gasteiger partial charge on any atom is -0.472 e. The van der Waals surface area contributed by atoms with Crippen molar-refractivity contribution in [2.24, 2.45) is 0 Å². The molecule has 3 heterocycles. The molecule has 2 fully saturated rings. The smallest absolute Gasteiger partial charge is 0.320 e. The van der Waals surface area contributed by atoms with E-state index in [-0.39, 0.29) is 17.8 Å². The van der Waals surface area contributed by atoms with Gasteiger partial charge in [-0.15, -0.1) is 0 Å². The van der Waals surface area contributed by atoms with Gasteiger partial charge in [0.25, 0.3) is 5.91 Å². The largest absolute Gasteiger partial charge is 0.472 e. The zero-order valence-electron chi connectivity index (χ0n) is 15.1. The van der Waals surface area contributed by atoms with E-state index < -0.39 is 6.04 Å². The number of likely N-dealkylation sites (tertiary alicyclic amines) is 1. The number of urea groups is 1. The SMILES string of the molecule is C[C@H](NC(=O)c1ccoc1)C(=O)N1CCN(C(=O)N2CCCCC2)CC1. The van der Waals surface area contributed by atoms with Crippen molar-refractivity contribution in [2.45, 2.75) is 32.2 Å². The van der Waals surface area contributed by atoms with E-state index in [0.29, 0.717) is 31.7 Å². The van der Waals surface area contributed by atoms with E-state index in [9.17, 15) is 14.4 Å². The lowest BCUT2D eigenvalue weighted by Crippen LogP contribution is -2.57. The third-order valence-corrected chi connectivity index (χ3v) is 4.99. The van der Waals surface area contributed by atoms with Crippen molar-refractivity contribution in [3.05, 3.63) is 24.2 Å². The van der Waals surface area contributed by atoms with Crippen molar-refractivity contribution in [3.8, 4) is 0 Å². The molecule has 1 atom stereocenters. The van der Waals surface area contributed by atoms with E-state index in [1.54, 1.807) is 17.9 Å². The van der Waals surface area contributed by atoms with Gasteiger partial charge in [-0.1, -0.05) is 0 Å². The normalized spacial score (nSPS) is 19.2. The van der Waals surface area contributed by atoms with Crippen LogP contribution < -0.4 is 5.32 Å². The summed E-state index contributed by atoms with van der Waals surface area (Å²) in [4.78, 5) is 42.5. The van der Waals surface area contributed by atoms with Gasteiger partial charge in [-0.25, -0.2) is 4.79 Å². The molecule has 8 heteroatoms. The van der Waals surface area contributed by atoms with Crippen LogP contribution in [0.5, 0.6) is 0 Å². The number of hydrogen-bond acceptors (Lipinski definition) is 4. The van der Waals surface area contributed by atoms with Gasteiger partial charge in [0.15, 0.2) is 0 Å². The number of amides is 4. The summed E-state index contributed by atoms with van der Waals surface area (Å²) in [7, 11) is 0. The second-order valence-corrected chi connectivity index (χ2v) is 6.85. The quantitative estimate of drug-likeness (QED) is 0.874. The number of furan rings is 1. The first-order valence-electron chi connectivity index (χ1n) is 9.22. The summed E-state index contributed by atoms with van der Waals surface area (Å²) >= 11 is 0. The number of nitrogens with one attached hydrogen (secondary N) is 1. The van der Waals surface area contributed by atoms with E-state index >= 15 is 0 Å². The number of rotatable bonds is 3. The molecule has 1 aromatic rings. The first kappa shape index (κ1) is 18.3. The molecule has 2 aliphatic heterocycles. The van der Waals surface area contributed by atoms with Gasteiger partial charge in [0.2, 0.25) is 5.91 Å². The molecular weight excluding hydrogens is 336 g/mol. The summed E-state index contributed by atoms with van der Waals surface area (Å²) < 4.78 is 4.88. The van der Waals surface area contributed by atoms with Crippen LogP contribution in [0.1, 0.15) is 36.5 Å². The molecule has 0 saturated carbocycles. The molecule has 4 amide bonds. The maximum atomic E-state index is 12.6. The Bertz CT molecular complexity index is 632. The Labute approximate surface area is 153 Å². The molecule has 26 heavy (non-hydrogen) atoms. The number of carbonyl (C=O) groups is 3. The number of carbonyl (C=O) groups excluding carboxylic acids is 3. The van der Waals surface area contributed by atoms with Crippen LogP contribution in [0.25, 0.3) is 0 Å². The van der Waals surface area contributed by atoms with Crippen LogP contribution in [0.4, 0.5) is 4.79 Å². The summed E-state index contributed by atoms with van der Waals surface area (Å²) in [6.07, 6.45) is 6.09. The molecule has 142 valence electrons. The summed E-state index contributed by atoms with van der Waals surface area (Å²) in [5.74, 6) is -0.467. The van der Waals surface area contributed by atoms with Crippen molar-refractivity contribution >= 4 is 17.8 Å². The molecule has 1 aromatic heterocycles. The van der Waals surface area contributed by atoms with Gasteiger partial charge in [-0.05, 0) is 32.3 Å². The van der Waals surface area contributed by atoms with Gasteiger partial charge < -0.3 is 24.4 Å². The van der Waals surface area contributed by atoms with Crippen LogP contribution in [0.15, 0.2) is 23.0 Å². The summed E-state index contributed by atoms with van der Waals surface area (Å²) in [5.41, 5.74) is 0.390. The molecule has 0 aliphatic carbocycles. The first-order chi connectivity index (χ1) is 12.6. The number of piperazine rings is 1. The molecule has 8 nitrogen and oxygen atoms in total. The average Bonchev–Trinajstić information content (AvgIpc) is 3.22. The van der Waals surface area contributed by atoms with Crippen LogP contribution in [0.2, 0.25) is 0 Å². The van der Waals surface area contributed by atoms with E-state index in [0.717, 1.165) is 25.9 Å². The lowest BCUT2D eigenvalue weighted by Gasteiger charge is -2.39. The highest BCUT2D eigenvalue weighted by Gasteiger charge is 2.30. The second-order valence-electron chi connectivity index (χ2n) is 6.85. The van der Waals surface area contributed by atoms with Crippen molar-refractivity contribution < 1.29 is 18.8 Å². The monoisotopic (exact) mass is 362 g/mol. The molecule has 0 bridgehead atoms. The predicted octanol–water partition coefficient (Wildman–Crippen LogP) is 1.15. The van der Waals surface area contributed by atoms with Gasteiger partial charge in [-0.3, -0.25) is 9.59 Å².